The molecule has 5 nitrogen and oxygen atoms in total. The Morgan fingerprint density at radius 1 is 1.32 bits per heavy atom. The molecule has 118 valence electrons. The average Bonchev–Trinajstić information content (AvgIpc) is 3.08. The van der Waals surface area contributed by atoms with E-state index in [0.717, 1.165) is 24.6 Å². The Morgan fingerprint density at radius 2 is 2.18 bits per heavy atom. The smallest absolute Gasteiger partial charge is 0.153 e. The van der Waals surface area contributed by atoms with Crippen LogP contribution in [-0.2, 0) is 6.54 Å². The third-order valence-corrected chi connectivity index (χ3v) is 4.61. The second-order valence-corrected chi connectivity index (χ2v) is 6.07. The Labute approximate surface area is 132 Å². The van der Waals surface area contributed by atoms with Crippen molar-refractivity contribution in [2.24, 2.45) is 0 Å². The highest BCUT2D eigenvalue weighted by atomic mass is 15.3. The Kier molecular flexibility index (Phi) is 4.55. The molecule has 1 N–H and O–H groups in total. The highest BCUT2D eigenvalue weighted by Gasteiger charge is 2.26. The van der Waals surface area contributed by atoms with Crippen LogP contribution in [0.4, 0.5) is 0 Å². The van der Waals surface area contributed by atoms with E-state index in [0.29, 0.717) is 6.04 Å². The molecular weight excluding hydrogens is 274 g/mol. The van der Waals surface area contributed by atoms with Gasteiger partial charge in [0.2, 0.25) is 0 Å². The summed E-state index contributed by atoms with van der Waals surface area (Å²) in [6.45, 7) is 7.47. The standard InChI is InChI=1S/C17H25N5/c1-13-16(12-21-10-6-7-15(21)11-18-3)14(2)22(20-13)17-8-4-5-9-19-17/h4-5,8-9,15,18H,6-7,10-12H2,1-3H3. The largest absolute Gasteiger partial charge is 0.318 e. The summed E-state index contributed by atoms with van der Waals surface area (Å²) >= 11 is 0. The molecule has 1 atom stereocenters. The summed E-state index contributed by atoms with van der Waals surface area (Å²) in [4.78, 5) is 7.00. The first kappa shape index (κ1) is 15.2. The Hall–Kier alpha value is -1.72. The van der Waals surface area contributed by atoms with Crippen molar-refractivity contribution in [1.82, 2.24) is 25.0 Å². The summed E-state index contributed by atoms with van der Waals surface area (Å²) in [7, 11) is 2.03. The zero-order valence-electron chi connectivity index (χ0n) is 13.7. The second-order valence-electron chi connectivity index (χ2n) is 6.07. The van der Waals surface area contributed by atoms with Gasteiger partial charge in [0.05, 0.1) is 5.69 Å². The summed E-state index contributed by atoms with van der Waals surface area (Å²) in [5, 5.41) is 8.02. The van der Waals surface area contributed by atoms with Crippen molar-refractivity contribution in [3.63, 3.8) is 0 Å². The van der Waals surface area contributed by atoms with Gasteiger partial charge in [-0.25, -0.2) is 9.67 Å². The number of likely N-dealkylation sites (tertiary alicyclic amines) is 1. The predicted molar refractivity (Wildman–Crippen MR) is 88.2 cm³/mol. The van der Waals surface area contributed by atoms with Crippen LogP contribution in [0.3, 0.4) is 0 Å². The number of nitrogens with zero attached hydrogens (tertiary/aromatic N) is 4. The fraction of sp³-hybridized carbons (Fsp3) is 0.529. The molecule has 0 aliphatic carbocycles. The zero-order chi connectivity index (χ0) is 15.5. The maximum atomic E-state index is 4.71. The molecule has 1 fully saturated rings. The van der Waals surface area contributed by atoms with Gasteiger partial charge in [0.1, 0.15) is 0 Å². The van der Waals surface area contributed by atoms with E-state index in [-0.39, 0.29) is 0 Å². The Bertz CT molecular complexity index is 619. The van der Waals surface area contributed by atoms with Crippen LogP contribution in [0.2, 0.25) is 0 Å². The molecule has 0 aromatic carbocycles. The third-order valence-electron chi connectivity index (χ3n) is 4.61. The Morgan fingerprint density at radius 3 is 2.91 bits per heavy atom. The minimum absolute atomic E-state index is 0.641. The molecule has 1 aliphatic heterocycles. The van der Waals surface area contributed by atoms with E-state index in [1.54, 1.807) is 0 Å². The molecule has 1 unspecified atom stereocenters. The molecule has 5 heteroatoms. The summed E-state index contributed by atoms with van der Waals surface area (Å²) in [6.07, 6.45) is 4.39. The van der Waals surface area contributed by atoms with Gasteiger partial charge >= 0.3 is 0 Å². The molecule has 3 heterocycles. The summed E-state index contributed by atoms with van der Waals surface area (Å²) < 4.78 is 1.97. The van der Waals surface area contributed by atoms with Crippen LogP contribution < -0.4 is 5.32 Å². The monoisotopic (exact) mass is 299 g/mol. The third kappa shape index (κ3) is 2.91. The number of hydrogen-bond donors (Lipinski definition) is 1. The molecule has 1 saturated heterocycles. The van der Waals surface area contributed by atoms with E-state index in [9.17, 15) is 0 Å². The van der Waals surface area contributed by atoms with Gasteiger partial charge in [-0.15, -0.1) is 0 Å². The van der Waals surface area contributed by atoms with Gasteiger partial charge in [0, 0.05) is 36.6 Å². The first-order valence-electron chi connectivity index (χ1n) is 8.06. The van der Waals surface area contributed by atoms with E-state index < -0.39 is 0 Å². The lowest BCUT2D eigenvalue weighted by molar-refractivity contribution is 0.241. The molecule has 0 amide bonds. The quantitative estimate of drug-likeness (QED) is 0.918. The van der Waals surface area contributed by atoms with Gasteiger partial charge in [-0.05, 0) is 52.4 Å². The van der Waals surface area contributed by atoms with Gasteiger partial charge in [-0.3, -0.25) is 4.90 Å². The number of likely N-dealkylation sites (N-methyl/N-ethyl adjacent to an activating group) is 1. The lowest BCUT2D eigenvalue weighted by Gasteiger charge is -2.24. The van der Waals surface area contributed by atoms with Crippen LogP contribution in [0.1, 0.15) is 29.8 Å². The molecule has 1 aliphatic rings. The van der Waals surface area contributed by atoms with E-state index in [4.69, 9.17) is 5.10 Å². The number of rotatable bonds is 5. The van der Waals surface area contributed by atoms with Crippen molar-refractivity contribution >= 4 is 0 Å². The van der Waals surface area contributed by atoms with Gasteiger partial charge in [-0.2, -0.15) is 5.10 Å². The number of nitrogens with one attached hydrogen (secondary N) is 1. The fourth-order valence-corrected chi connectivity index (χ4v) is 3.38. The van der Waals surface area contributed by atoms with Crippen molar-refractivity contribution in [3.8, 4) is 5.82 Å². The van der Waals surface area contributed by atoms with Crippen molar-refractivity contribution in [3.05, 3.63) is 41.3 Å². The molecule has 0 radical (unpaired) electrons. The highest BCUT2D eigenvalue weighted by Crippen LogP contribution is 2.24. The number of hydrogen-bond acceptors (Lipinski definition) is 4. The lowest BCUT2D eigenvalue weighted by Crippen LogP contribution is -2.36. The van der Waals surface area contributed by atoms with Gasteiger partial charge in [0.15, 0.2) is 5.82 Å². The fourth-order valence-electron chi connectivity index (χ4n) is 3.38. The number of aromatic nitrogens is 3. The van der Waals surface area contributed by atoms with Crippen LogP contribution in [0.15, 0.2) is 24.4 Å². The van der Waals surface area contributed by atoms with E-state index in [2.05, 4.69) is 29.0 Å². The topological polar surface area (TPSA) is 46.0 Å². The van der Waals surface area contributed by atoms with E-state index >= 15 is 0 Å². The molecule has 2 aromatic rings. The molecular formula is C17H25N5. The van der Waals surface area contributed by atoms with Crippen molar-refractivity contribution in [2.45, 2.75) is 39.3 Å². The summed E-state index contributed by atoms with van der Waals surface area (Å²) in [5.41, 5.74) is 3.65. The van der Waals surface area contributed by atoms with Crippen LogP contribution >= 0.6 is 0 Å². The molecule has 0 bridgehead atoms. The zero-order valence-corrected chi connectivity index (χ0v) is 13.7. The van der Waals surface area contributed by atoms with Crippen LogP contribution in [-0.4, -0.2) is 45.8 Å². The second kappa shape index (κ2) is 6.58. The molecule has 0 saturated carbocycles. The average molecular weight is 299 g/mol. The number of aryl methyl sites for hydroxylation is 1. The molecule has 3 rings (SSSR count). The van der Waals surface area contributed by atoms with Gasteiger partial charge < -0.3 is 5.32 Å². The van der Waals surface area contributed by atoms with Crippen molar-refractivity contribution in [1.29, 1.82) is 0 Å². The van der Waals surface area contributed by atoms with Gasteiger partial charge in [-0.1, -0.05) is 6.07 Å². The summed E-state index contributed by atoms with van der Waals surface area (Å²) in [5.74, 6) is 0.891. The van der Waals surface area contributed by atoms with E-state index in [1.807, 2.05) is 36.1 Å². The highest BCUT2D eigenvalue weighted by molar-refractivity contribution is 5.32. The van der Waals surface area contributed by atoms with Crippen LogP contribution in [0.5, 0.6) is 0 Å². The van der Waals surface area contributed by atoms with Crippen molar-refractivity contribution < 1.29 is 0 Å². The molecule has 0 spiro atoms. The minimum Gasteiger partial charge on any atom is -0.318 e. The van der Waals surface area contributed by atoms with E-state index in [1.165, 1.54) is 30.6 Å². The lowest BCUT2D eigenvalue weighted by atomic mass is 10.1. The molecule has 22 heavy (non-hydrogen) atoms. The van der Waals surface area contributed by atoms with Crippen LogP contribution in [0.25, 0.3) is 5.82 Å². The first-order chi connectivity index (χ1) is 10.7. The maximum Gasteiger partial charge on any atom is 0.153 e. The number of pyridine rings is 1. The molecule has 2 aromatic heterocycles. The minimum atomic E-state index is 0.641. The summed E-state index contributed by atoms with van der Waals surface area (Å²) in [6, 6.07) is 6.58. The van der Waals surface area contributed by atoms with Gasteiger partial charge in [0.25, 0.3) is 0 Å². The van der Waals surface area contributed by atoms with Crippen molar-refractivity contribution in [2.75, 3.05) is 20.1 Å². The Balaban J connectivity index is 1.84. The SMILES string of the molecule is CNCC1CCCN1Cc1c(C)nn(-c2ccccn2)c1C. The van der Waals surface area contributed by atoms with Crippen LogP contribution in [0, 0.1) is 13.8 Å². The normalized spacial score (nSPS) is 19.0. The first-order valence-corrected chi connectivity index (χ1v) is 8.06. The maximum absolute atomic E-state index is 4.71. The predicted octanol–water partition coefficient (Wildman–Crippen LogP) is 2.07.